The number of benzene rings is 2. The van der Waals surface area contributed by atoms with Crippen molar-refractivity contribution in [3.63, 3.8) is 0 Å². The number of aliphatic imine (C=N–C) groups is 1. The van der Waals surface area contributed by atoms with Gasteiger partial charge in [0.05, 0.1) is 25.3 Å². The number of guanidine groups is 1. The third-order valence-electron chi connectivity index (χ3n) is 5.92. The number of nitrogens with two attached hydrogens (primary N) is 1. The summed E-state index contributed by atoms with van der Waals surface area (Å²) < 4.78 is 32.1. The first-order valence-corrected chi connectivity index (χ1v) is 11.9. The molecule has 3 rings (SSSR count). The van der Waals surface area contributed by atoms with Crippen molar-refractivity contribution < 1.29 is 63.5 Å². The maximum absolute atomic E-state index is 12.7. The van der Waals surface area contributed by atoms with Crippen LogP contribution < -0.4 is 30.0 Å². The van der Waals surface area contributed by atoms with Crippen molar-refractivity contribution in [2.45, 2.75) is 30.7 Å². The maximum Gasteiger partial charge on any atom is 0.338 e. The number of carbonyl (C=O) groups is 2. The maximum atomic E-state index is 12.7. The molecule has 1 fully saturated rings. The molecule has 224 valence electrons. The molecule has 5 atom stereocenters. The van der Waals surface area contributed by atoms with E-state index in [0.717, 1.165) is 6.07 Å². The molecule has 1 aliphatic heterocycles. The first kappa shape index (κ1) is 31.0. The van der Waals surface area contributed by atoms with Crippen molar-refractivity contribution >= 4 is 17.9 Å². The molecule has 1 saturated heterocycles. The Bertz CT molecular complexity index is 1250. The van der Waals surface area contributed by atoms with Gasteiger partial charge in [-0.1, -0.05) is 0 Å². The Balaban J connectivity index is 1.76. The van der Waals surface area contributed by atoms with Crippen molar-refractivity contribution in [2.24, 2.45) is 10.7 Å². The van der Waals surface area contributed by atoms with Crippen molar-refractivity contribution in [1.82, 2.24) is 5.32 Å². The number of phenols is 1. The Morgan fingerprint density at radius 1 is 0.976 bits per heavy atom. The highest BCUT2D eigenvalue weighted by molar-refractivity contribution is 5.91. The number of ether oxygens (including phenoxy) is 6. The average Bonchev–Trinajstić information content (AvgIpc) is 2.97. The van der Waals surface area contributed by atoms with Crippen molar-refractivity contribution in [1.29, 1.82) is 0 Å². The third-order valence-corrected chi connectivity index (χ3v) is 5.92. The molecule has 16 nitrogen and oxygen atoms in total. The smallest absolute Gasteiger partial charge is 0.338 e. The van der Waals surface area contributed by atoms with Crippen LogP contribution in [0, 0.1) is 0 Å². The van der Waals surface area contributed by atoms with Crippen LogP contribution >= 0.6 is 0 Å². The van der Waals surface area contributed by atoms with Crippen LogP contribution in [0.1, 0.15) is 20.7 Å². The largest absolute Gasteiger partial charge is 0.502 e. The molecule has 0 aliphatic carbocycles. The Labute approximate surface area is 233 Å². The van der Waals surface area contributed by atoms with Crippen LogP contribution in [0.5, 0.6) is 28.7 Å². The summed E-state index contributed by atoms with van der Waals surface area (Å²) in [6, 6.07) is 6.02. The van der Waals surface area contributed by atoms with Crippen LogP contribution in [0.3, 0.4) is 0 Å². The molecule has 8 N–H and O–H groups in total. The summed E-state index contributed by atoms with van der Waals surface area (Å²) in [5, 5.41) is 53.4. The van der Waals surface area contributed by atoms with E-state index in [1.54, 1.807) is 0 Å². The molecule has 0 amide bonds. The number of rotatable bonds is 11. The van der Waals surface area contributed by atoms with Gasteiger partial charge in [0.25, 0.3) is 0 Å². The first-order valence-electron chi connectivity index (χ1n) is 11.9. The third kappa shape index (κ3) is 7.37. The van der Waals surface area contributed by atoms with Crippen molar-refractivity contribution in [3.8, 4) is 28.7 Å². The number of nitrogens with zero attached hydrogens (tertiary/aromatic N) is 1. The van der Waals surface area contributed by atoms with Gasteiger partial charge in [0.1, 0.15) is 31.0 Å². The van der Waals surface area contributed by atoms with Gasteiger partial charge in [0.2, 0.25) is 12.0 Å². The fourth-order valence-corrected chi connectivity index (χ4v) is 3.65. The zero-order chi connectivity index (χ0) is 30.3. The number of esters is 1. The topological polar surface area (TPSA) is 241 Å². The molecule has 2 aromatic carbocycles. The number of nitrogens with one attached hydrogen (secondary N) is 1. The molecule has 1 aliphatic rings. The number of aliphatic hydroxyl groups excluding tert-OH is 3. The minimum absolute atomic E-state index is 0.0478. The number of aromatic carboxylic acids is 1. The lowest BCUT2D eigenvalue weighted by Crippen LogP contribution is -2.60. The number of methoxy groups -OCH3 is 2. The lowest BCUT2D eigenvalue weighted by Gasteiger charge is -2.40. The predicted octanol–water partition coefficient (Wildman–Crippen LogP) is -0.979. The van der Waals surface area contributed by atoms with Gasteiger partial charge < -0.3 is 65.0 Å². The molecule has 0 radical (unpaired) electrons. The molecule has 16 heteroatoms. The Kier molecular flexibility index (Phi) is 10.4. The summed E-state index contributed by atoms with van der Waals surface area (Å²) in [5.41, 5.74) is 5.36. The van der Waals surface area contributed by atoms with E-state index in [2.05, 4.69) is 10.3 Å². The second-order valence-electron chi connectivity index (χ2n) is 8.50. The van der Waals surface area contributed by atoms with Crippen LogP contribution in [-0.4, -0.2) is 109 Å². The predicted molar refractivity (Wildman–Crippen MR) is 138 cm³/mol. The van der Waals surface area contributed by atoms with E-state index in [-0.39, 0.29) is 52.6 Å². The number of aliphatic hydroxyl groups is 3. The van der Waals surface area contributed by atoms with Gasteiger partial charge in [-0.25, -0.2) is 9.59 Å². The monoisotopic (exact) mass is 581 g/mol. The van der Waals surface area contributed by atoms with Gasteiger partial charge in [-0.15, -0.1) is 0 Å². The van der Waals surface area contributed by atoms with E-state index >= 15 is 0 Å². The summed E-state index contributed by atoms with van der Waals surface area (Å²) in [6.45, 7) is -0.820. The summed E-state index contributed by atoms with van der Waals surface area (Å²) in [6.07, 6.45) is -8.22. The normalized spacial score (nSPS) is 22.4. The molecule has 1 heterocycles. The standard InChI is InChI=1S/C25H31N3O13/c1-27-25(26)28-10-39-14-6-11(22(33)34)4-5-13(14)40-24-21(32)20(31)19(30)17(41-24)9-38-23(35)12-7-15(36-2)18(29)16(8-12)37-3/h4-8,17,19-21,24,29-32H,9-10H2,1-3H3,(H,33,34)(H3,26,27,28). The second-order valence-corrected chi connectivity index (χ2v) is 8.50. The summed E-state index contributed by atoms with van der Waals surface area (Å²) in [4.78, 5) is 27.8. The van der Waals surface area contributed by atoms with E-state index in [9.17, 15) is 35.1 Å². The molecule has 5 unspecified atom stereocenters. The highest BCUT2D eigenvalue weighted by Gasteiger charge is 2.45. The van der Waals surface area contributed by atoms with Gasteiger partial charge >= 0.3 is 11.9 Å². The van der Waals surface area contributed by atoms with E-state index < -0.39 is 49.3 Å². The van der Waals surface area contributed by atoms with Crippen LogP contribution in [0.4, 0.5) is 0 Å². The number of phenolic OH excluding ortho intramolecular Hbond substituents is 1. The van der Waals surface area contributed by atoms with Crippen LogP contribution in [-0.2, 0) is 9.47 Å². The Hall–Kier alpha value is -4.51. The summed E-state index contributed by atoms with van der Waals surface area (Å²) >= 11 is 0. The molecular weight excluding hydrogens is 550 g/mol. The quantitative estimate of drug-likeness (QED) is 0.0730. The van der Waals surface area contributed by atoms with Crippen molar-refractivity contribution in [3.05, 3.63) is 41.5 Å². The number of hydrogen-bond donors (Lipinski definition) is 7. The minimum atomic E-state index is -1.78. The molecule has 0 saturated carbocycles. The summed E-state index contributed by atoms with van der Waals surface area (Å²) in [5.74, 6) is -2.71. The molecular formula is C25H31N3O13. The summed E-state index contributed by atoms with van der Waals surface area (Å²) in [7, 11) is 4.00. The lowest BCUT2D eigenvalue weighted by atomic mass is 9.99. The van der Waals surface area contributed by atoms with Crippen molar-refractivity contribution in [2.75, 3.05) is 34.6 Å². The Morgan fingerprint density at radius 2 is 1.61 bits per heavy atom. The SMILES string of the molecule is CN=C(N)NCOc1cc(C(=O)O)ccc1OC1OC(COC(=O)c2cc(OC)c(O)c(OC)c2)C(O)C(O)C1O. The fraction of sp³-hybridized carbons (Fsp3) is 0.400. The number of carbonyl (C=O) groups excluding carboxylic acids is 1. The molecule has 41 heavy (non-hydrogen) atoms. The molecule has 0 bridgehead atoms. The molecule has 2 aromatic rings. The zero-order valence-corrected chi connectivity index (χ0v) is 22.2. The van der Waals surface area contributed by atoms with E-state index in [0.29, 0.717) is 0 Å². The number of carboxylic acids is 1. The zero-order valence-electron chi connectivity index (χ0n) is 22.2. The minimum Gasteiger partial charge on any atom is -0.502 e. The second kappa shape index (κ2) is 13.7. The molecule has 0 aromatic heterocycles. The van der Waals surface area contributed by atoms with Gasteiger partial charge in [-0.2, -0.15) is 0 Å². The number of carboxylic acid groups (broad SMARTS) is 1. The van der Waals surface area contributed by atoms with E-state index in [1.165, 1.54) is 45.5 Å². The van der Waals surface area contributed by atoms with Gasteiger partial charge in [0.15, 0.2) is 35.7 Å². The van der Waals surface area contributed by atoms with Crippen LogP contribution in [0.25, 0.3) is 0 Å². The number of hydrogen-bond acceptors (Lipinski definition) is 13. The van der Waals surface area contributed by atoms with Gasteiger partial charge in [-0.3, -0.25) is 4.99 Å². The lowest BCUT2D eigenvalue weighted by molar-refractivity contribution is -0.277. The van der Waals surface area contributed by atoms with Gasteiger partial charge in [-0.05, 0) is 30.3 Å². The van der Waals surface area contributed by atoms with Crippen LogP contribution in [0.2, 0.25) is 0 Å². The van der Waals surface area contributed by atoms with Crippen LogP contribution in [0.15, 0.2) is 35.3 Å². The van der Waals surface area contributed by atoms with E-state index in [4.69, 9.17) is 34.2 Å². The van der Waals surface area contributed by atoms with E-state index in [1.807, 2.05) is 0 Å². The fourth-order valence-electron chi connectivity index (χ4n) is 3.65. The van der Waals surface area contributed by atoms with Gasteiger partial charge in [0, 0.05) is 7.05 Å². The Morgan fingerprint density at radius 3 is 2.20 bits per heavy atom. The number of aromatic hydroxyl groups is 1. The highest BCUT2D eigenvalue weighted by atomic mass is 16.7. The first-order chi connectivity index (χ1) is 19.5. The highest BCUT2D eigenvalue weighted by Crippen LogP contribution is 2.37. The average molecular weight is 582 g/mol. The molecule has 0 spiro atoms.